The maximum atomic E-state index is 13.4. The molecule has 0 aromatic heterocycles. The van der Waals surface area contributed by atoms with E-state index in [2.05, 4.69) is 0 Å². The lowest BCUT2D eigenvalue weighted by molar-refractivity contribution is 0.0984. The maximum Gasteiger partial charge on any atom is 0.164 e. The van der Waals surface area contributed by atoms with Gasteiger partial charge in [-0.2, -0.15) is 0 Å². The third-order valence-corrected chi connectivity index (χ3v) is 4.79. The van der Waals surface area contributed by atoms with E-state index in [0.29, 0.717) is 5.56 Å². The van der Waals surface area contributed by atoms with Crippen molar-refractivity contribution in [3.63, 3.8) is 0 Å². The molecule has 0 saturated carbocycles. The molecular weight excluding hydrogens is 306 g/mol. The third-order valence-electron chi connectivity index (χ3n) is 4.79. The molecule has 118 valence electrons. The Morgan fingerprint density at radius 1 is 0.708 bits per heavy atom. The fourth-order valence-electron chi connectivity index (χ4n) is 3.68. The summed E-state index contributed by atoms with van der Waals surface area (Å²) in [6, 6.07) is 19.8. The Kier molecular flexibility index (Phi) is 3.31. The van der Waals surface area contributed by atoms with Gasteiger partial charge >= 0.3 is 0 Å². The average Bonchev–Trinajstić information content (AvgIpc) is 2.91. The zero-order valence-corrected chi connectivity index (χ0v) is 12.8. The molecule has 0 aliphatic heterocycles. The minimum Gasteiger partial charge on any atom is -0.294 e. The highest BCUT2D eigenvalue weighted by Crippen LogP contribution is 2.48. The van der Waals surface area contributed by atoms with Crippen molar-refractivity contribution in [3.05, 3.63) is 107 Å². The highest BCUT2D eigenvalue weighted by atomic mass is 19.1. The van der Waals surface area contributed by atoms with Gasteiger partial charge in [0.2, 0.25) is 0 Å². The number of rotatable bonds is 2. The maximum absolute atomic E-state index is 13.4. The molecule has 3 aromatic rings. The van der Waals surface area contributed by atoms with E-state index in [-0.39, 0.29) is 23.8 Å². The molecule has 1 aliphatic rings. The molecule has 0 atom stereocenters. The van der Waals surface area contributed by atoms with Crippen molar-refractivity contribution in [1.82, 2.24) is 0 Å². The molecule has 0 radical (unpaired) electrons. The van der Waals surface area contributed by atoms with E-state index in [1.54, 1.807) is 24.3 Å². The quantitative estimate of drug-likeness (QED) is 0.657. The van der Waals surface area contributed by atoms with Gasteiger partial charge in [0.15, 0.2) is 5.78 Å². The van der Waals surface area contributed by atoms with Crippen molar-refractivity contribution in [2.24, 2.45) is 0 Å². The first-order chi connectivity index (χ1) is 11.6. The van der Waals surface area contributed by atoms with Crippen LogP contribution in [-0.4, -0.2) is 5.78 Å². The summed E-state index contributed by atoms with van der Waals surface area (Å²) >= 11 is 0. The summed E-state index contributed by atoms with van der Waals surface area (Å²) in [5, 5.41) is 0. The summed E-state index contributed by atoms with van der Waals surface area (Å²) in [6.45, 7) is 0. The second-order valence-corrected chi connectivity index (χ2v) is 6.06. The second-order valence-electron chi connectivity index (χ2n) is 6.06. The Labute approximate surface area is 138 Å². The van der Waals surface area contributed by atoms with Crippen LogP contribution in [0.25, 0.3) is 0 Å². The smallest absolute Gasteiger partial charge is 0.164 e. The van der Waals surface area contributed by atoms with E-state index in [1.165, 1.54) is 24.3 Å². The highest BCUT2D eigenvalue weighted by Gasteiger charge is 2.45. The zero-order chi connectivity index (χ0) is 16.7. The predicted octanol–water partition coefficient (Wildman–Crippen LogP) is 4.89. The van der Waals surface area contributed by atoms with E-state index in [0.717, 1.165) is 16.7 Å². The lowest BCUT2D eigenvalue weighted by Crippen LogP contribution is -2.27. The van der Waals surface area contributed by atoms with Gasteiger partial charge in [-0.25, -0.2) is 8.78 Å². The highest BCUT2D eigenvalue weighted by molar-refractivity contribution is 6.03. The predicted molar refractivity (Wildman–Crippen MR) is 88.1 cm³/mol. The van der Waals surface area contributed by atoms with Gasteiger partial charge in [0, 0.05) is 12.0 Å². The Morgan fingerprint density at radius 3 is 1.75 bits per heavy atom. The molecule has 4 rings (SSSR count). The van der Waals surface area contributed by atoms with Crippen LogP contribution in [0.2, 0.25) is 0 Å². The first kappa shape index (κ1) is 14.8. The van der Waals surface area contributed by atoms with Crippen molar-refractivity contribution < 1.29 is 13.6 Å². The van der Waals surface area contributed by atoms with Crippen molar-refractivity contribution in [2.45, 2.75) is 11.8 Å². The standard InChI is InChI=1S/C21H14F2O/c22-16-9-5-14(6-10-16)21(15-7-11-17(23)12-8-15)13-20(24)18-3-1-2-4-19(18)21/h1-12H,13H2. The first-order valence-corrected chi connectivity index (χ1v) is 7.76. The largest absolute Gasteiger partial charge is 0.294 e. The lowest BCUT2D eigenvalue weighted by atomic mass is 9.70. The fraction of sp³-hybridized carbons (Fsp3) is 0.0952. The zero-order valence-electron chi connectivity index (χ0n) is 12.8. The van der Waals surface area contributed by atoms with Crippen LogP contribution in [0.4, 0.5) is 8.78 Å². The first-order valence-electron chi connectivity index (χ1n) is 7.76. The topological polar surface area (TPSA) is 17.1 Å². The average molecular weight is 320 g/mol. The molecule has 24 heavy (non-hydrogen) atoms. The van der Waals surface area contributed by atoms with Crippen LogP contribution in [0, 0.1) is 11.6 Å². The molecule has 0 N–H and O–H groups in total. The van der Waals surface area contributed by atoms with E-state index in [9.17, 15) is 13.6 Å². The molecule has 0 saturated heterocycles. The van der Waals surface area contributed by atoms with Gasteiger partial charge in [-0.3, -0.25) is 4.79 Å². The molecule has 0 amide bonds. The van der Waals surface area contributed by atoms with Crippen LogP contribution in [0.3, 0.4) is 0 Å². The summed E-state index contributed by atoms with van der Waals surface area (Å²) < 4.78 is 26.8. The number of halogens is 2. The van der Waals surface area contributed by atoms with E-state index in [4.69, 9.17) is 0 Å². The van der Waals surface area contributed by atoms with E-state index < -0.39 is 5.41 Å². The van der Waals surface area contributed by atoms with Crippen LogP contribution >= 0.6 is 0 Å². The summed E-state index contributed by atoms with van der Waals surface area (Å²) in [5.41, 5.74) is 2.50. The molecule has 1 nitrogen and oxygen atoms in total. The number of carbonyl (C=O) groups is 1. The summed E-state index contributed by atoms with van der Waals surface area (Å²) in [6.07, 6.45) is 0.254. The van der Waals surface area contributed by atoms with Crippen LogP contribution in [0.1, 0.15) is 33.5 Å². The number of benzene rings is 3. The van der Waals surface area contributed by atoms with Crippen LogP contribution in [-0.2, 0) is 5.41 Å². The molecule has 3 heteroatoms. The van der Waals surface area contributed by atoms with Crippen molar-refractivity contribution in [1.29, 1.82) is 0 Å². The fourth-order valence-corrected chi connectivity index (χ4v) is 3.68. The van der Waals surface area contributed by atoms with Gasteiger partial charge in [0.05, 0.1) is 5.41 Å². The number of Topliss-reactive ketones (excluding diaryl/α,β-unsaturated/α-hetero) is 1. The third kappa shape index (κ3) is 2.08. The Morgan fingerprint density at radius 2 is 1.21 bits per heavy atom. The molecule has 0 unspecified atom stereocenters. The molecule has 3 aromatic carbocycles. The van der Waals surface area contributed by atoms with Crippen molar-refractivity contribution >= 4 is 5.78 Å². The minimum absolute atomic E-state index is 0.0410. The van der Waals surface area contributed by atoms with Crippen molar-refractivity contribution in [3.8, 4) is 0 Å². The van der Waals surface area contributed by atoms with Gasteiger partial charge in [-0.15, -0.1) is 0 Å². The second kappa shape index (κ2) is 5.38. The van der Waals surface area contributed by atoms with Crippen LogP contribution in [0.15, 0.2) is 72.8 Å². The SMILES string of the molecule is O=C1CC(c2ccc(F)cc2)(c2ccc(F)cc2)c2ccccc21. The molecule has 0 heterocycles. The number of hydrogen-bond acceptors (Lipinski definition) is 1. The van der Waals surface area contributed by atoms with Gasteiger partial charge < -0.3 is 0 Å². The molecule has 0 spiro atoms. The lowest BCUT2D eigenvalue weighted by Gasteiger charge is -2.31. The summed E-state index contributed by atoms with van der Waals surface area (Å²) in [4.78, 5) is 12.6. The van der Waals surface area contributed by atoms with Gasteiger partial charge in [0.25, 0.3) is 0 Å². The normalized spacial score (nSPS) is 15.3. The van der Waals surface area contributed by atoms with Gasteiger partial charge in [0.1, 0.15) is 11.6 Å². The van der Waals surface area contributed by atoms with E-state index in [1.807, 2.05) is 24.3 Å². The Hall–Kier alpha value is -2.81. The number of hydrogen-bond donors (Lipinski definition) is 0. The Balaban J connectivity index is 2.03. The van der Waals surface area contributed by atoms with Gasteiger partial charge in [-0.05, 0) is 41.0 Å². The monoisotopic (exact) mass is 320 g/mol. The number of fused-ring (bicyclic) bond motifs is 1. The summed E-state index contributed by atoms with van der Waals surface area (Å²) in [7, 11) is 0. The number of carbonyl (C=O) groups excluding carboxylic acids is 1. The van der Waals surface area contributed by atoms with Crippen LogP contribution < -0.4 is 0 Å². The molecule has 0 bridgehead atoms. The summed E-state index contributed by atoms with van der Waals surface area (Å²) in [5.74, 6) is -0.615. The Bertz CT molecular complexity index is 866. The van der Waals surface area contributed by atoms with Crippen LogP contribution in [0.5, 0.6) is 0 Å². The molecular formula is C21H14F2O. The minimum atomic E-state index is -0.713. The van der Waals surface area contributed by atoms with E-state index >= 15 is 0 Å². The van der Waals surface area contributed by atoms with Crippen molar-refractivity contribution in [2.75, 3.05) is 0 Å². The van der Waals surface area contributed by atoms with Gasteiger partial charge in [-0.1, -0.05) is 48.5 Å². The molecule has 1 aliphatic carbocycles. The number of ketones is 1. The molecule has 0 fully saturated rings.